The summed E-state index contributed by atoms with van der Waals surface area (Å²) in [5.41, 5.74) is 0.954. The Morgan fingerprint density at radius 1 is 1.10 bits per heavy atom. The molecule has 0 fully saturated rings. The molecule has 106 valence electrons. The average molecular weight is 339 g/mol. The third-order valence-corrected chi connectivity index (χ3v) is 4.44. The Balaban J connectivity index is 2.31. The molecule has 0 radical (unpaired) electrons. The van der Waals surface area contributed by atoms with Crippen molar-refractivity contribution in [2.45, 2.75) is 39.8 Å². The van der Waals surface area contributed by atoms with Gasteiger partial charge in [-0.15, -0.1) is 0 Å². The van der Waals surface area contributed by atoms with E-state index in [1.54, 1.807) is 0 Å². The summed E-state index contributed by atoms with van der Waals surface area (Å²) in [5.74, 6) is 0.426. The van der Waals surface area contributed by atoms with Gasteiger partial charge in [0, 0.05) is 17.6 Å². The van der Waals surface area contributed by atoms with Crippen molar-refractivity contribution in [2.75, 3.05) is 0 Å². The third kappa shape index (κ3) is 1.88. The summed E-state index contributed by atoms with van der Waals surface area (Å²) in [7, 11) is 0. The molecule has 0 amide bonds. The first kappa shape index (κ1) is 13.4. The van der Waals surface area contributed by atoms with Crippen LogP contribution in [0.15, 0.2) is 20.1 Å². The predicted octanol–water partition coefficient (Wildman–Crippen LogP) is 1.37. The molecule has 0 saturated heterocycles. The number of halogens is 1. The SMILES string of the molecule is Cc1cc(Br)c(C)nc1-n1c(=O)n2n(c1=O)CCCC2. The molecule has 0 N–H and O–H groups in total. The molecule has 0 aliphatic carbocycles. The highest BCUT2D eigenvalue weighted by Crippen LogP contribution is 2.19. The van der Waals surface area contributed by atoms with Crippen LogP contribution in [0.4, 0.5) is 0 Å². The van der Waals surface area contributed by atoms with E-state index in [0.29, 0.717) is 18.9 Å². The Bertz CT molecular complexity index is 762. The zero-order valence-electron chi connectivity index (χ0n) is 11.4. The molecule has 2 aromatic rings. The predicted molar refractivity (Wildman–Crippen MR) is 78.5 cm³/mol. The van der Waals surface area contributed by atoms with Crippen molar-refractivity contribution in [3.05, 3.63) is 42.8 Å². The average Bonchev–Trinajstić information content (AvgIpc) is 2.68. The topological polar surface area (TPSA) is 61.8 Å². The molecule has 2 aromatic heterocycles. The first-order chi connectivity index (χ1) is 9.50. The van der Waals surface area contributed by atoms with E-state index in [9.17, 15) is 9.59 Å². The monoisotopic (exact) mass is 338 g/mol. The second-order valence-electron chi connectivity index (χ2n) is 5.05. The van der Waals surface area contributed by atoms with E-state index in [0.717, 1.165) is 28.6 Å². The molecule has 3 rings (SSSR count). The van der Waals surface area contributed by atoms with Crippen LogP contribution in [0.1, 0.15) is 24.1 Å². The minimum atomic E-state index is -0.299. The minimum Gasteiger partial charge on any atom is -0.245 e. The van der Waals surface area contributed by atoms with Crippen LogP contribution < -0.4 is 11.4 Å². The number of aryl methyl sites for hydroxylation is 2. The third-order valence-electron chi connectivity index (χ3n) is 3.63. The van der Waals surface area contributed by atoms with Gasteiger partial charge in [-0.05, 0) is 54.2 Å². The van der Waals surface area contributed by atoms with Gasteiger partial charge in [-0.1, -0.05) is 0 Å². The highest BCUT2D eigenvalue weighted by Gasteiger charge is 2.21. The number of aromatic nitrogens is 4. The van der Waals surface area contributed by atoms with Crippen molar-refractivity contribution in [2.24, 2.45) is 0 Å². The molecule has 7 heteroatoms. The Kier molecular flexibility index (Phi) is 3.16. The number of rotatable bonds is 1. The van der Waals surface area contributed by atoms with E-state index in [-0.39, 0.29) is 11.4 Å². The molecule has 0 aromatic carbocycles. The number of fused-ring (bicyclic) bond motifs is 1. The van der Waals surface area contributed by atoms with Crippen LogP contribution in [0.25, 0.3) is 5.82 Å². The van der Waals surface area contributed by atoms with Crippen molar-refractivity contribution in [1.82, 2.24) is 18.9 Å². The molecule has 0 atom stereocenters. The summed E-state index contributed by atoms with van der Waals surface area (Å²) in [6.07, 6.45) is 1.85. The van der Waals surface area contributed by atoms with E-state index in [1.165, 1.54) is 13.9 Å². The van der Waals surface area contributed by atoms with Crippen LogP contribution in [0.5, 0.6) is 0 Å². The van der Waals surface area contributed by atoms with Crippen LogP contribution in [-0.2, 0) is 13.1 Å². The molecule has 0 spiro atoms. The molecule has 0 bridgehead atoms. The number of hydrogen-bond acceptors (Lipinski definition) is 3. The molecular formula is C13H15BrN4O2. The van der Waals surface area contributed by atoms with Crippen LogP contribution in [-0.4, -0.2) is 18.9 Å². The van der Waals surface area contributed by atoms with Gasteiger partial charge in [0.05, 0.1) is 5.69 Å². The second-order valence-corrected chi connectivity index (χ2v) is 5.90. The fourth-order valence-electron chi connectivity index (χ4n) is 2.54. The van der Waals surface area contributed by atoms with Crippen LogP contribution in [0.2, 0.25) is 0 Å². The first-order valence-corrected chi connectivity index (χ1v) is 7.37. The van der Waals surface area contributed by atoms with Crippen LogP contribution >= 0.6 is 15.9 Å². The Labute approximate surface area is 123 Å². The smallest absolute Gasteiger partial charge is 0.245 e. The van der Waals surface area contributed by atoms with E-state index < -0.39 is 0 Å². The summed E-state index contributed by atoms with van der Waals surface area (Å²) in [6.45, 7) is 4.87. The maximum absolute atomic E-state index is 12.4. The summed E-state index contributed by atoms with van der Waals surface area (Å²) in [6, 6.07) is 1.88. The van der Waals surface area contributed by atoms with Crippen molar-refractivity contribution >= 4 is 15.9 Å². The van der Waals surface area contributed by atoms with Gasteiger partial charge in [-0.3, -0.25) is 0 Å². The summed E-state index contributed by atoms with van der Waals surface area (Å²) in [4.78, 5) is 29.3. The van der Waals surface area contributed by atoms with Gasteiger partial charge in [0.25, 0.3) is 0 Å². The van der Waals surface area contributed by atoms with Crippen LogP contribution in [0, 0.1) is 13.8 Å². The van der Waals surface area contributed by atoms with Crippen molar-refractivity contribution in [3.63, 3.8) is 0 Å². The molecular weight excluding hydrogens is 324 g/mol. The largest absolute Gasteiger partial charge is 0.353 e. The van der Waals surface area contributed by atoms with E-state index >= 15 is 0 Å². The van der Waals surface area contributed by atoms with Crippen molar-refractivity contribution in [1.29, 1.82) is 0 Å². The van der Waals surface area contributed by atoms with Gasteiger partial charge in [0.15, 0.2) is 0 Å². The molecule has 0 unspecified atom stereocenters. The maximum Gasteiger partial charge on any atom is 0.353 e. The molecule has 1 aliphatic rings. The van der Waals surface area contributed by atoms with Crippen molar-refractivity contribution < 1.29 is 0 Å². The number of hydrogen-bond donors (Lipinski definition) is 0. The lowest BCUT2D eigenvalue weighted by molar-refractivity contribution is 0.348. The van der Waals surface area contributed by atoms with Gasteiger partial charge in [-0.2, -0.15) is 4.57 Å². The fourth-order valence-corrected chi connectivity index (χ4v) is 2.97. The lowest BCUT2D eigenvalue weighted by atomic mass is 10.2. The summed E-state index contributed by atoms with van der Waals surface area (Å²) >= 11 is 3.41. The molecule has 0 saturated carbocycles. The van der Waals surface area contributed by atoms with E-state index in [4.69, 9.17) is 0 Å². The van der Waals surface area contributed by atoms with Gasteiger partial charge >= 0.3 is 11.4 Å². The number of pyridine rings is 1. The summed E-state index contributed by atoms with van der Waals surface area (Å²) < 4.78 is 5.09. The van der Waals surface area contributed by atoms with E-state index in [2.05, 4.69) is 20.9 Å². The summed E-state index contributed by atoms with van der Waals surface area (Å²) in [5, 5.41) is 0. The zero-order valence-corrected chi connectivity index (χ0v) is 13.0. The highest BCUT2D eigenvalue weighted by molar-refractivity contribution is 9.10. The number of nitrogens with zero attached hydrogens (tertiary/aromatic N) is 4. The lowest BCUT2D eigenvalue weighted by Gasteiger charge is -2.13. The first-order valence-electron chi connectivity index (χ1n) is 6.57. The van der Waals surface area contributed by atoms with Gasteiger partial charge < -0.3 is 0 Å². The van der Waals surface area contributed by atoms with E-state index in [1.807, 2.05) is 19.9 Å². The van der Waals surface area contributed by atoms with Gasteiger partial charge in [0.1, 0.15) is 5.82 Å². The molecule has 20 heavy (non-hydrogen) atoms. The fraction of sp³-hybridized carbons (Fsp3) is 0.462. The molecule has 3 heterocycles. The highest BCUT2D eigenvalue weighted by atomic mass is 79.9. The van der Waals surface area contributed by atoms with Gasteiger partial charge in [0.2, 0.25) is 0 Å². The maximum atomic E-state index is 12.4. The Hall–Kier alpha value is -1.63. The van der Waals surface area contributed by atoms with Crippen LogP contribution in [0.3, 0.4) is 0 Å². The standard InChI is InChI=1S/C13H15BrN4O2/c1-8-7-10(14)9(2)15-11(8)18-12(19)16-5-3-4-6-17(16)13(18)20/h7H,3-6H2,1-2H3. The Morgan fingerprint density at radius 3 is 2.20 bits per heavy atom. The quantitative estimate of drug-likeness (QED) is 0.788. The minimum absolute atomic E-state index is 0.299. The molecule has 6 nitrogen and oxygen atoms in total. The molecule has 1 aliphatic heterocycles. The second kappa shape index (κ2) is 4.73. The van der Waals surface area contributed by atoms with Gasteiger partial charge in [-0.25, -0.2) is 23.9 Å². The lowest BCUT2D eigenvalue weighted by Crippen LogP contribution is -2.30. The Morgan fingerprint density at radius 2 is 1.65 bits per heavy atom. The normalized spacial score (nSPS) is 14.3. The zero-order chi connectivity index (χ0) is 14.4. The van der Waals surface area contributed by atoms with Crippen molar-refractivity contribution in [3.8, 4) is 5.82 Å².